The predicted molar refractivity (Wildman–Crippen MR) is 79.9 cm³/mol. The largest absolute Gasteiger partial charge is 0.508 e. The first-order valence-corrected chi connectivity index (χ1v) is 7.65. The van der Waals surface area contributed by atoms with Crippen molar-refractivity contribution in [2.75, 3.05) is 11.4 Å². The zero-order valence-electron chi connectivity index (χ0n) is 11.0. The summed E-state index contributed by atoms with van der Waals surface area (Å²) in [5.41, 5.74) is 0.666. The molecule has 0 atom stereocenters. The number of hydrogen-bond acceptors (Lipinski definition) is 4. The molecule has 0 spiro atoms. The van der Waals surface area contributed by atoms with E-state index in [4.69, 9.17) is 16.9 Å². The van der Waals surface area contributed by atoms with Gasteiger partial charge in [-0.3, -0.25) is 4.31 Å². The fourth-order valence-corrected chi connectivity index (χ4v) is 3.44. The lowest BCUT2D eigenvalue weighted by Crippen LogP contribution is -2.26. The van der Waals surface area contributed by atoms with Crippen LogP contribution in [0.25, 0.3) is 0 Å². The van der Waals surface area contributed by atoms with Gasteiger partial charge >= 0.3 is 0 Å². The van der Waals surface area contributed by atoms with Gasteiger partial charge in [0.1, 0.15) is 10.6 Å². The molecule has 0 heterocycles. The minimum atomic E-state index is -3.85. The number of nitrogens with zero attached hydrogens (tertiary/aromatic N) is 2. The van der Waals surface area contributed by atoms with E-state index in [1.165, 1.54) is 49.5 Å². The zero-order chi connectivity index (χ0) is 15.6. The maximum atomic E-state index is 12.5. The molecule has 108 valence electrons. The highest BCUT2D eigenvalue weighted by Crippen LogP contribution is 2.28. The molecular formula is C14H11ClN2O3S. The molecule has 5 nitrogen and oxygen atoms in total. The number of phenols is 1. The summed E-state index contributed by atoms with van der Waals surface area (Å²) in [4.78, 5) is -0.0845. The van der Waals surface area contributed by atoms with Crippen molar-refractivity contribution >= 4 is 27.3 Å². The summed E-state index contributed by atoms with van der Waals surface area (Å²) in [6, 6.07) is 11.6. The van der Waals surface area contributed by atoms with Gasteiger partial charge in [0.2, 0.25) is 0 Å². The number of rotatable bonds is 3. The maximum Gasteiger partial charge on any atom is 0.265 e. The van der Waals surface area contributed by atoms with Crippen molar-refractivity contribution in [3.05, 3.63) is 53.1 Å². The van der Waals surface area contributed by atoms with Gasteiger partial charge < -0.3 is 5.11 Å². The molecule has 0 aliphatic carbocycles. The summed E-state index contributed by atoms with van der Waals surface area (Å²) >= 11 is 5.95. The Hall–Kier alpha value is -2.23. The van der Waals surface area contributed by atoms with Gasteiger partial charge in [0.25, 0.3) is 10.0 Å². The highest BCUT2D eigenvalue weighted by Gasteiger charge is 2.24. The van der Waals surface area contributed by atoms with Crippen LogP contribution >= 0.6 is 11.6 Å². The van der Waals surface area contributed by atoms with E-state index in [2.05, 4.69) is 0 Å². The van der Waals surface area contributed by atoms with Crippen LogP contribution in [0.5, 0.6) is 5.75 Å². The van der Waals surface area contributed by atoms with Crippen LogP contribution in [-0.4, -0.2) is 20.6 Å². The third-order valence-electron chi connectivity index (χ3n) is 2.91. The lowest BCUT2D eigenvalue weighted by molar-refractivity contribution is 0.475. The van der Waals surface area contributed by atoms with Crippen molar-refractivity contribution in [2.45, 2.75) is 4.90 Å². The summed E-state index contributed by atoms with van der Waals surface area (Å²) < 4.78 is 26.1. The van der Waals surface area contributed by atoms with Crippen LogP contribution in [-0.2, 0) is 10.0 Å². The fourth-order valence-electron chi connectivity index (χ4n) is 1.73. The topological polar surface area (TPSA) is 81.4 Å². The number of sulfonamides is 1. The van der Waals surface area contributed by atoms with Gasteiger partial charge in [0.15, 0.2) is 0 Å². The van der Waals surface area contributed by atoms with Gasteiger partial charge in [-0.1, -0.05) is 11.6 Å². The van der Waals surface area contributed by atoms with Gasteiger partial charge in [-0.05, 0) is 42.5 Å². The van der Waals surface area contributed by atoms with Crippen LogP contribution < -0.4 is 4.31 Å². The number of phenolic OH excluding ortho intramolecular Hbond substituents is 1. The minimum Gasteiger partial charge on any atom is -0.508 e. The Kier molecular flexibility index (Phi) is 4.07. The quantitative estimate of drug-likeness (QED) is 0.942. The third-order valence-corrected chi connectivity index (χ3v) is 5.18. The summed E-state index contributed by atoms with van der Waals surface area (Å²) in [5.74, 6) is 0.0425. The van der Waals surface area contributed by atoms with Crippen molar-refractivity contribution in [3.63, 3.8) is 0 Å². The summed E-state index contributed by atoms with van der Waals surface area (Å²) in [7, 11) is -2.47. The van der Waals surface area contributed by atoms with E-state index in [-0.39, 0.29) is 21.2 Å². The van der Waals surface area contributed by atoms with Crippen molar-refractivity contribution in [2.24, 2.45) is 0 Å². The number of benzene rings is 2. The van der Waals surface area contributed by atoms with Gasteiger partial charge in [0, 0.05) is 7.05 Å². The fraction of sp³-hybridized carbons (Fsp3) is 0.0714. The Morgan fingerprint density at radius 3 is 2.33 bits per heavy atom. The average molecular weight is 323 g/mol. The van der Waals surface area contributed by atoms with E-state index in [0.29, 0.717) is 5.69 Å². The average Bonchev–Trinajstić information content (AvgIpc) is 2.46. The first-order chi connectivity index (χ1) is 9.86. The maximum absolute atomic E-state index is 12.5. The molecule has 0 aliphatic rings. The Labute approximate surface area is 127 Å². The molecule has 0 saturated heterocycles. The van der Waals surface area contributed by atoms with Gasteiger partial charge in [0.05, 0.1) is 22.3 Å². The predicted octanol–water partition coefficient (Wildman–Crippen LogP) is 2.74. The molecule has 0 unspecified atom stereocenters. The van der Waals surface area contributed by atoms with E-state index < -0.39 is 10.0 Å². The molecule has 0 aliphatic heterocycles. The number of anilines is 1. The van der Waals surface area contributed by atoms with E-state index >= 15 is 0 Å². The van der Waals surface area contributed by atoms with Crippen LogP contribution in [0.1, 0.15) is 5.56 Å². The van der Waals surface area contributed by atoms with E-state index in [9.17, 15) is 13.5 Å². The standard InChI is InChI=1S/C14H11ClN2O3S/c1-17(11-3-5-12(18)6-4-11)21(19,20)14-7-2-10(9-16)8-13(14)15/h2-8,18H,1H3. The van der Waals surface area contributed by atoms with Crippen LogP contribution in [0, 0.1) is 11.3 Å². The van der Waals surface area contributed by atoms with E-state index in [0.717, 1.165) is 4.31 Å². The van der Waals surface area contributed by atoms with Crippen molar-refractivity contribution in [3.8, 4) is 11.8 Å². The normalized spacial score (nSPS) is 10.9. The van der Waals surface area contributed by atoms with Crippen LogP contribution in [0.15, 0.2) is 47.4 Å². The van der Waals surface area contributed by atoms with E-state index in [1.54, 1.807) is 0 Å². The summed E-state index contributed by atoms with van der Waals surface area (Å²) in [6.45, 7) is 0. The second-order valence-corrected chi connectivity index (χ2v) is 6.59. The molecule has 21 heavy (non-hydrogen) atoms. The first-order valence-electron chi connectivity index (χ1n) is 5.84. The second kappa shape index (κ2) is 5.64. The highest BCUT2D eigenvalue weighted by atomic mass is 35.5. The van der Waals surface area contributed by atoms with Crippen LogP contribution in [0.3, 0.4) is 0 Å². The highest BCUT2D eigenvalue weighted by molar-refractivity contribution is 7.93. The van der Waals surface area contributed by atoms with Crippen molar-refractivity contribution < 1.29 is 13.5 Å². The molecule has 2 rings (SSSR count). The van der Waals surface area contributed by atoms with Gasteiger partial charge in [-0.2, -0.15) is 5.26 Å². The number of halogens is 1. The van der Waals surface area contributed by atoms with Crippen molar-refractivity contribution in [1.82, 2.24) is 0 Å². The molecule has 0 aromatic heterocycles. The van der Waals surface area contributed by atoms with Crippen LogP contribution in [0.4, 0.5) is 5.69 Å². The molecular weight excluding hydrogens is 312 g/mol. The summed E-state index contributed by atoms with van der Waals surface area (Å²) in [6.07, 6.45) is 0. The third kappa shape index (κ3) is 2.94. The number of aromatic hydroxyl groups is 1. The molecule has 0 amide bonds. The van der Waals surface area contributed by atoms with Crippen molar-refractivity contribution in [1.29, 1.82) is 5.26 Å². The molecule has 0 radical (unpaired) electrons. The Bertz CT molecular complexity index is 811. The Morgan fingerprint density at radius 2 is 1.81 bits per heavy atom. The summed E-state index contributed by atoms with van der Waals surface area (Å²) in [5, 5.41) is 18.0. The zero-order valence-corrected chi connectivity index (χ0v) is 12.6. The van der Waals surface area contributed by atoms with Crippen LogP contribution in [0.2, 0.25) is 5.02 Å². The molecule has 0 fully saturated rings. The lowest BCUT2D eigenvalue weighted by Gasteiger charge is -2.20. The number of nitriles is 1. The molecule has 1 N–H and O–H groups in total. The number of hydrogen-bond donors (Lipinski definition) is 1. The second-order valence-electron chi connectivity index (χ2n) is 4.25. The molecule has 0 saturated carbocycles. The minimum absolute atomic E-state index is 0.0142. The van der Waals surface area contributed by atoms with E-state index in [1.807, 2.05) is 6.07 Å². The Balaban J connectivity index is 2.47. The van der Waals surface area contributed by atoms with Gasteiger partial charge in [-0.25, -0.2) is 8.42 Å². The van der Waals surface area contributed by atoms with Gasteiger partial charge in [-0.15, -0.1) is 0 Å². The molecule has 0 bridgehead atoms. The molecule has 7 heteroatoms. The first kappa shape index (κ1) is 15.2. The lowest BCUT2D eigenvalue weighted by atomic mass is 10.2. The molecule has 2 aromatic carbocycles. The smallest absolute Gasteiger partial charge is 0.265 e. The SMILES string of the molecule is CN(c1ccc(O)cc1)S(=O)(=O)c1ccc(C#N)cc1Cl. The Morgan fingerprint density at radius 1 is 1.19 bits per heavy atom. The monoisotopic (exact) mass is 322 g/mol. The molecule has 2 aromatic rings.